The Morgan fingerprint density at radius 3 is 2.79 bits per heavy atom. The van der Waals surface area contributed by atoms with Crippen molar-refractivity contribution in [2.24, 2.45) is 5.92 Å². The molecule has 0 saturated heterocycles. The molecule has 1 aromatic rings. The summed E-state index contributed by atoms with van der Waals surface area (Å²) in [4.78, 5) is 10.7. The standard InChI is InChI=1S/C11H11BrO2/c1-6-4-7(12)2-3-8(6)9-5-10(9)11(13)14/h2-4,9-10H,5H2,1H3,(H,13,14). The van der Waals surface area contributed by atoms with Crippen molar-refractivity contribution in [1.82, 2.24) is 0 Å². The third kappa shape index (κ3) is 1.69. The summed E-state index contributed by atoms with van der Waals surface area (Å²) in [7, 11) is 0. The first-order valence-corrected chi connectivity index (χ1v) is 5.37. The number of carbonyl (C=O) groups is 1. The summed E-state index contributed by atoms with van der Waals surface area (Å²) in [5, 5.41) is 8.82. The second-order valence-electron chi connectivity index (χ2n) is 3.79. The van der Waals surface area contributed by atoms with E-state index in [0.29, 0.717) is 0 Å². The van der Waals surface area contributed by atoms with E-state index in [4.69, 9.17) is 5.11 Å². The Labute approximate surface area is 91.1 Å². The van der Waals surface area contributed by atoms with Gasteiger partial charge in [-0.3, -0.25) is 4.79 Å². The summed E-state index contributed by atoms with van der Waals surface area (Å²) >= 11 is 3.39. The molecular formula is C11H11BrO2. The van der Waals surface area contributed by atoms with E-state index in [-0.39, 0.29) is 11.8 Å². The van der Waals surface area contributed by atoms with Gasteiger partial charge in [0.2, 0.25) is 0 Å². The lowest BCUT2D eigenvalue weighted by molar-refractivity contribution is -0.138. The molecule has 14 heavy (non-hydrogen) atoms. The van der Waals surface area contributed by atoms with Crippen LogP contribution < -0.4 is 0 Å². The molecule has 0 heterocycles. The zero-order chi connectivity index (χ0) is 10.3. The van der Waals surface area contributed by atoms with Crippen LogP contribution >= 0.6 is 15.9 Å². The third-order valence-electron chi connectivity index (χ3n) is 2.74. The summed E-state index contributed by atoms with van der Waals surface area (Å²) < 4.78 is 1.05. The van der Waals surface area contributed by atoms with E-state index in [1.165, 1.54) is 11.1 Å². The Bertz CT molecular complexity index is 387. The molecule has 1 N–H and O–H groups in total. The van der Waals surface area contributed by atoms with Gasteiger partial charge < -0.3 is 5.11 Å². The lowest BCUT2D eigenvalue weighted by atomic mass is 10.0. The monoisotopic (exact) mass is 254 g/mol. The van der Waals surface area contributed by atoms with Gasteiger partial charge >= 0.3 is 5.97 Å². The number of benzene rings is 1. The maximum Gasteiger partial charge on any atom is 0.307 e. The molecule has 1 aromatic carbocycles. The van der Waals surface area contributed by atoms with Gasteiger partial charge in [-0.15, -0.1) is 0 Å². The van der Waals surface area contributed by atoms with Crippen LogP contribution in [0.1, 0.15) is 23.5 Å². The van der Waals surface area contributed by atoms with E-state index in [1.807, 2.05) is 25.1 Å². The topological polar surface area (TPSA) is 37.3 Å². The largest absolute Gasteiger partial charge is 0.481 e. The first-order valence-electron chi connectivity index (χ1n) is 4.58. The van der Waals surface area contributed by atoms with E-state index in [2.05, 4.69) is 15.9 Å². The van der Waals surface area contributed by atoms with Crippen molar-refractivity contribution in [3.8, 4) is 0 Å². The van der Waals surface area contributed by atoms with Crippen LogP contribution in [0.2, 0.25) is 0 Å². The fourth-order valence-corrected chi connectivity index (χ4v) is 2.34. The molecule has 1 aliphatic rings. The fourth-order valence-electron chi connectivity index (χ4n) is 1.87. The Hall–Kier alpha value is -0.830. The van der Waals surface area contributed by atoms with Gasteiger partial charge in [0, 0.05) is 4.47 Å². The van der Waals surface area contributed by atoms with Crippen molar-refractivity contribution < 1.29 is 9.90 Å². The van der Waals surface area contributed by atoms with E-state index in [1.54, 1.807) is 0 Å². The minimum atomic E-state index is -0.669. The van der Waals surface area contributed by atoms with Crippen LogP contribution in [0.5, 0.6) is 0 Å². The molecule has 2 unspecified atom stereocenters. The van der Waals surface area contributed by atoms with Gasteiger partial charge in [-0.2, -0.15) is 0 Å². The Kier molecular flexibility index (Phi) is 2.35. The fraction of sp³-hybridized carbons (Fsp3) is 0.364. The van der Waals surface area contributed by atoms with E-state index >= 15 is 0 Å². The van der Waals surface area contributed by atoms with Gasteiger partial charge in [0.1, 0.15) is 0 Å². The van der Waals surface area contributed by atoms with Crippen LogP contribution in [0.25, 0.3) is 0 Å². The molecule has 0 amide bonds. The highest BCUT2D eigenvalue weighted by Gasteiger charge is 2.44. The van der Waals surface area contributed by atoms with Crippen molar-refractivity contribution in [3.63, 3.8) is 0 Å². The first-order chi connectivity index (χ1) is 6.59. The summed E-state index contributed by atoms with van der Waals surface area (Å²) in [6, 6.07) is 6.03. The average Bonchev–Trinajstić information content (AvgIpc) is 2.83. The zero-order valence-electron chi connectivity index (χ0n) is 7.83. The van der Waals surface area contributed by atoms with Crippen molar-refractivity contribution in [2.75, 3.05) is 0 Å². The summed E-state index contributed by atoms with van der Waals surface area (Å²) in [6.45, 7) is 2.03. The molecule has 0 bridgehead atoms. The summed E-state index contributed by atoms with van der Waals surface area (Å²) in [5.74, 6) is -0.590. The number of carboxylic acids is 1. The normalized spacial score (nSPS) is 24.7. The van der Waals surface area contributed by atoms with Crippen LogP contribution in [0.3, 0.4) is 0 Å². The van der Waals surface area contributed by atoms with Crippen molar-refractivity contribution in [1.29, 1.82) is 0 Å². The van der Waals surface area contributed by atoms with Crippen LogP contribution in [-0.4, -0.2) is 11.1 Å². The number of aryl methyl sites for hydroxylation is 1. The van der Waals surface area contributed by atoms with E-state index in [9.17, 15) is 4.79 Å². The number of hydrogen-bond donors (Lipinski definition) is 1. The Balaban J connectivity index is 2.23. The Morgan fingerprint density at radius 2 is 2.29 bits per heavy atom. The van der Waals surface area contributed by atoms with Gasteiger partial charge in [0.05, 0.1) is 5.92 Å². The van der Waals surface area contributed by atoms with Gasteiger partial charge in [0.15, 0.2) is 0 Å². The maximum atomic E-state index is 10.7. The van der Waals surface area contributed by atoms with E-state index in [0.717, 1.165) is 10.9 Å². The quantitative estimate of drug-likeness (QED) is 0.882. The second-order valence-corrected chi connectivity index (χ2v) is 4.70. The van der Waals surface area contributed by atoms with Gasteiger partial charge in [-0.25, -0.2) is 0 Å². The third-order valence-corrected chi connectivity index (χ3v) is 3.23. The van der Waals surface area contributed by atoms with Crippen molar-refractivity contribution in [3.05, 3.63) is 33.8 Å². The molecule has 74 valence electrons. The number of hydrogen-bond acceptors (Lipinski definition) is 1. The number of aliphatic carboxylic acids is 1. The molecular weight excluding hydrogens is 244 g/mol. The van der Waals surface area contributed by atoms with Crippen molar-refractivity contribution in [2.45, 2.75) is 19.3 Å². The highest BCUT2D eigenvalue weighted by Crippen LogP contribution is 2.48. The molecule has 0 aromatic heterocycles. The lowest BCUT2D eigenvalue weighted by Gasteiger charge is -2.04. The molecule has 2 rings (SSSR count). The molecule has 1 saturated carbocycles. The minimum Gasteiger partial charge on any atom is -0.481 e. The highest BCUT2D eigenvalue weighted by atomic mass is 79.9. The number of halogens is 1. The zero-order valence-corrected chi connectivity index (χ0v) is 9.41. The van der Waals surface area contributed by atoms with Gasteiger partial charge in [-0.05, 0) is 42.5 Å². The summed E-state index contributed by atoms with van der Waals surface area (Å²) in [5.41, 5.74) is 2.36. The van der Waals surface area contributed by atoms with Crippen LogP contribution in [0, 0.1) is 12.8 Å². The molecule has 3 heteroatoms. The number of carboxylic acid groups (broad SMARTS) is 1. The predicted octanol–water partition coefficient (Wildman–Crippen LogP) is 2.95. The molecule has 2 atom stereocenters. The Morgan fingerprint density at radius 1 is 1.57 bits per heavy atom. The number of rotatable bonds is 2. The molecule has 0 spiro atoms. The van der Waals surface area contributed by atoms with Crippen molar-refractivity contribution >= 4 is 21.9 Å². The highest BCUT2D eigenvalue weighted by molar-refractivity contribution is 9.10. The predicted molar refractivity (Wildman–Crippen MR) is 57.4 cm³/mol. The molecule has 1 fully saturated rings. The second kappa shape index (κ2) is 3.39. The molecule has 0 radical (unpaired) electrons. The minimum absolute atomic E-state index is 0.158. The van der Waals surface area contributed by atoms with E-state index < -0.39 is 5.97 Å². The molecule has 0 aliphatic heterocycles. The average molecular weight is 255 g/mol. The van der Waals surface area contributed by atoms with Crippen LogP contribution in [0.15, 0.2) is 22.7 Å². The van der Waals surface area contributed by atoms with Gasteiger partial charge in [0.25, 0.3) is 0 Å². The first kappa shape index (κ1) is 9.71. The molecule has 1 aliphatic carbocycles. The molecule has 2 nitrogen and oxygen atoms in total. The smallest absolute Gasteiger partial charge is 0.307 e. The summed E-state index contributed by atoms with van der Waals surface area (Å²) in [6.07, 6.45) is 0.789. The van der Waals surface area contributed by atoms with Gasteiger partial charge in [-0.1, -0.05) is 22.0 Å². The van der Waals surface area contributed by atoms with Crippen LogP contribution in [0.4, 0.5) is 0 Å². The van der Waals surface area contributed by atoms with Crippen LogP contribution in [-0.2, 0) is 4.79 Å². The lowest BCUT2D eigenvalue weighted by Crippen LogP contribution is -1.99. The maximum absolute atomic E-state index is 10.7. The SMILES string of the molecule is Cc1cc(Br)ccc1C1CC1C(=O)O.